The molecular formula is C12H11N3O3. The van der Waals surface area contributed by atoms with Crippen LogP contribution in [0.1, 0.15) is 18.4 Å². The molecule has 0 aromatic carbocycles. The van der Waals surface area contributed by atoms with Gasteiger partial charge in [-0.15, -0.1) is 0 Å². The summed E-state index contributed by atoms with van der Waals surface area (Å²) in [6, 6.07) is 3.77. The number of aromatic nitrogens is 1. The van der Waals surface area contributed by atoms with Crippen molar-refractivity contribution in [3.8, 4) is 12.1 Å². The van der Waals surface area contributed by atoms with Crippen molar-refractivity contribution < 1.29 is 14.1 Å². The Labute approximate surface area is 104 Å². The molecule has 6 heteroatoms. The molecule has 1 aliphatic carbocycles. The van der Waals surface area contributed by atoms with Gasteiger partial charge in [-0.2, -0.15) is 10.5 Å². The molecule has 2 rings (SSSR count). The SMILES string of the molecule is COC(=O)C(c1cnoc1)(C(C#N)C#N)C1CC1. The van der Waals surface area contributed by atoms with Crippen molar-refractivity contribution in [2.24, 2.45) is 11.8 Å². The molecule has 18 heavy (non-hydrogen) atoms. The lowest BCUT2D eigenvalue weighted by Crippen LogP contribution is -2.45. The Morgan fingerprint density at radius 1 is 1.61 bits per heavy atom. The van der Waals surface area contributed by atoms with E-state index in [0.29, 0.717) is 5.56 Å². The Bertz CT molecular complexity index is 508. The quantitative estimate of drug-likeness (QED) is 0.738. The lowest BCUT2D eigenvalue weighted by Gasteiger charge is -2.30. The van der Waals surface area contributed by atoms with E-state index in [1.54, 1.807) is 0 Å². The number of nitrogens with zero attached hydrogens (tertiary/aromatic N) is 3. The van der Waals surface area contributed by atoms with Gasteiger partial charge in [0, 0.05) is 5.56 Å². The first-order valence-corrected chi connectivity index (χ1v) is 5.49. The van der Waals surface area contributed by atoms with Gasteiger partial charge in [-0.25, -0.2) is 0 Å². The van der Waals surface area contributed by atoms with Gasteiger partial charge in [0.25, 0.3) is 0 Å². The van der Waals surface area contributed by atoms with Crippen LogP contribution in [0.3, 0.4) is 0 Å². The lowest BCUT2D eigenvalue weighted by molar-refractivity contribution is -0.149. The maximum atomic E-state index is 12.2. The second kappa shape index (κ2) is 4.50. The van der Waals surface area contributed by atoms with E-state index in [1.807, 2.05) is 12.1 Å². The summed E-state index contributed by atoms with van der Waals surface area (Å²) in [5, 5.41) is 21.9. The fraction of sp³-hybridized carbons (Fsp3) is 0.500. The minimum Gasteiger partial charge on any atom is -0.468 e. The van der Waals surface area contributed by atoms with Crippen LogP contribution >= 0.6 is 0 Å². The molecule has 1 heterocycles. The summed E-state index contributed by atoms with van der Waals surface area (Å²) in [7, 11) is 1.25. The number of carbonyl (C=O) groups excluding carboxylic acids is 1. The molecule has 0 N–H and O–H groups in total. The van der Waals surface area contributed by atoms with Crippen molar-refractivity contribution in [2.75, 3.05) is 7.11 Å². The van der Waals surface area contributed by atoms with Gasteiger partial charge in [0.15, 0.2) is 5.92 Å². The van der Waals surface area contributed by atoms with Crippen LogP contribution in [-0.4, -0.2) is 18.2 Å². The summed E-state index contributed by atoms with van der Waals surface area (Å²) in [5.74, 6) is -1.77. The van der Waals surface area contributed by atoms with Crippen LogP contribution in [0.25, 0.3) is 0 Å². The molecule has 1 aliphatic rings. The second-order valence-corrected chi connectivity index (χ2v) is 4.24. The molecule has 0 spiro atoms. The smallest absolute Gasteiger partial charge is 0.319 e. The third-order valence-electron chi connectivity index (χ3n) is 3.37. The van der Waals surface area contributed by atoms with Crippen LogP contribution < -0.4 is 0 Å². The fourth-order valence-corrected chi connectivity index (χ4v) is 2.39. The Morgan fingerprint density at radius 2 is 2.28 bits per heavy atom. The Hall–Kier alpha value is -2.34. The van der Waals surface area contributed by atoms with Crippen LogP contribution in [0.5, 0.6) is 0 Å². The molecule has 0 radical (unpaired) electrons. The van der Waals surface area contributed by atoms with Crippen molar-refractivity contribution in [1.29, 1.82) is 10.5 Å². The fourth-order valence-electron chi connectivity index (χ4n) is 2.39. The van der Waals surface area contributed by atoms with Crippen molar-refractivity contribution >= 4 is 5.97 Å². The lowest BCUT2D eigenvalue weighted by atomic mass is 9.68. The number of carbonyl (C=O) groups is 1. The van der Waals surface area contributed by atoms with Gasteiger partial charge in [0.2, 0.25) is 0 Å². The number of hydrogen-bond acceptors (Lipinski definition) is 6. The zero-order valence-electron chi connectivity index (χ0n) is 9.79. The molecule has 6 nitrogen and oxygen atoms in total. The number of hydrogen-bond donors (Lipinski definition) is 0. The van der Waals surface area contributed by atoms with Crippen molar-refractivity contribution in [2.45, 2.75) is 18.3 Å². The van der Waals surface area contributed by atoms with Crippen molar-refractivity contribution in [3.63, 3.8) is 0 Å². The summed E-state index contributed by atoms with van der Waals surface area (Å²) in [5.41, 5.74) is -0.844. The Kier molecular flexibility index (Phi) is 3.03. The van der Waals surface area contributed by atoms with Gasteiger partial charge in [-0.3, -0.25) is 4.79 Å². The number of ether oxygens (including phenoxy) is 1. The summed E-state index contributed by atoms with van der Waals surface area (Å²) < 4.78 is 9.57. The molecule has 0 aliphatic heterocycles. The summed E-state index contributed by atoms with van der Waals surface area (Å²) in [6.07, 6.45) is 4.23. The largest absolute Gasteiger partial charge is 0.468 e. The topological polar surface area (TPSA) is 99.9 Å². The highest BCUT2D eigenvalue weighted by Gasteiger charge is 2.59. The number of nitriles is 2. The molecule has 1 unspecified atom stereocenters. The summed E-state index contributed by atoms with van der Waals surface area (Å²) in [6.45, 7) is 0. The van der Waals surface area contributed by atoms with Gasteiger partial charge < -0.3 is 9.26 Å². The van der Waals surface area contributed by atoms with Crippen LogP contribution in [0.2, 0.25) is 0 Å². The highest BCUT2D eigenvalue weighted by atomic mass is 16.5. The summed E-state index contributed by atoms with van der Waals surface area (Å²) in [4.78, 5) is 12.2. The van der Waals surface area contributed by atoms with Crippen LogP contribution in [0, 0.1) is 34.5 Å². The van der Waals surface area contributed by atoms with E-state index in [2.05, 4.69) is 5.16 Å². The van der Waals surface area contributed by atoms with Gasteiger partial charge in [0.1, 0.15) is 11.7 Å². The molecule has 0 bridgehead atoms. The second-order valence-electron chi connectivity index (χ2n) is 4.24. The molecular weight excluding hydrogens is 234 g/mol. The number of rotatable bonds is 4. The first kappa shape index (κ1) is 12.1. The van der Waals surface area contributed by atoms with E-state index in [0.717, 1.165) is 12.8 Å². The zero-order chi connectivity index (χ0) is 13.2. The number of methoxy groups -OCH3 is 1. The predicted molar refractivity (Wildman–Crippen MR) is 57.6 cm³/mol. The van der Waals surface area contributed by atoms with E-state index in [4.69, 9.17) is 19.8 Å². The van der Waals surface area contributed by atoms with Gasteiger partial charge in [-0.1, -0.05) is 5.16 Å². The van der Waals surface area contributed by atoms with Crippen molar-refractivity contribution in [3.05, 3.63) is 18.0 Å². The first-order chi connectivity index (χ1) is 8.71. The molecule has 0 amide bonds. The first-order valence-electron chi connectivity index (χ1n) is 5.49. The van der Waals surface area contributed by atoms with E-state index >= 15 is 0 Å². The Morgan fingerprint density at radius 3 is 2.67 bits per heavy atom. The predicted octanol–water partition coefficient (Wildman–Crippen LogP) is 1.16. The standard InChI is InChI=1S/C12H11N3O3/c1-17-11(16)12(8-2-3-8,9(4-13)5-14)10-6-15-18-7-10/h6-9H,2-3H2,1H3. The van der Waals surface area contributed by atoms with Crippen LogP contribution in [0.15, 0.2) is 17.0 Å². The zero-order valence-corrected chi connectivity index (χ0v) is 9.79. The monoisotopic (exact) mass is 245 g/mol. The van der Waals surface area contributed by atoms with Crippen LogP contribution in [0.4, 0.5) is 0 Å². The average molecular weight is 245 g/mol. The summed E-state index contributed by atoms with van der Waals surface area (Å²) >= 11 is 0. The molecule has 0 saturated heterocycles. The van der Waals surface area contributed by atoms with E-state index in [9.17, 15) is 4.79 Å². The maximum absolute atomic E-state index is 12.2. The molecule has 1 aromatic rings. The molecule has 1 fully saturated rings. The van der Waals surface area contributed by atoms with E-state index in [1.165, 1.54) is 19.6 Å². The van der Waals surface area contributed by atoms with Crippen molar-refractivity contribution in [1.82, 2.24) is 5.16 Å². The van der Waals surface area contributed by atoms with Gasteiger partial charge >= 0.3 is 5.97 Å². The van der Waals surface area contributed by atoms with E-state index in [-0.39, 0.29) is 5.92 Å². The van der Waals surface area contributed by atoms with E-state index < -0.39 is 17.3 Å². The molecule has 92 valence electrons. The molecule has 1 atom stereocenters. The molecule has 1 saturated carbocycles. The minimum atomic E-state index is -1.28. The van der Waals surface area contributed by atoms with Gasteiger partial charge in [0.05, 0.1) is 25.4 Å². The minimum absolute atomic E-state index is 0.0753. The average Bonchev–Trinajstić information content (AvgIpc) is 3.10. The number of esters is 1. The maximum Gasteiger partial charge on any atom is 0.319 e. The van der Waals surface area contributed by atoms with Crippen LogP contribution in [-0.2, 0) is 14.9 Å². The molecule has 1 aromatic heterocycles. The Balaban J connectivity index is 2.60. The third-order valence-corrected chi connectivity index (χ3v) is 3.37. The van der Waals surface area contributed by atoms with Gasteiger partial charge in [-0.05, 0) is 18.8 Å². The normalized spacial score (nSPS) is 17.6. The highest BCUT2D eigenvalue weighted by Crippen LogP contribution is 2.52. The highest BCUT2D eigenvalue weighted by molar-refractivity contribution is 5.85. The third kappa shape index (κ3) is 1.54.